The van der Waals surface area contributed by atoms with Gasteiger partial charge >= 0.3 is 0 Å². The molecule has 8 nitrogen and oxygen atoms in total. The van der Waals surface area contributed by atoms with Crippen LogP contribution in [0.15, 0.2) is 36.4 Å². The fraction of sp³-hybridized carbons (Fsp3) is 0. The minimum absolute atomic E-state index is 0.136. The lowest BCUT2D eigenvalue weighted by molar-refractivity contribution is -0.385. The summed E-state index contributed by atoms with van der Waals surface area (Å²) < 4.78 is 13.6. The molecule has 0 aromatic heterocycles. The lowest BCUT2D eigenvalue weighted by Crippen LogP contribution is -2.14. The molecule has 2 rings (SSSR count). The second-order valence-electron chi connectivity index (χ2n) is 4.30. The molecule has 0 bridgehead atoms. The summed E-state index contributed by atoms with van der Waals surface area (Å²) >= 11 is 5.79. The van der Waals surface area contributed by atoms with E-state index in [0.717, 1.165) is 36.4 Å². The molecule has 1 N–H and O–H groups in total. The molecular formula is C13H7ClFN3O5. The number of amides is 1. The Morgan fingerprint density at radius 2 is 1.61 bits per heavy atom. The Kier molecular flexibility index (Phi) is 4.51. The van der Waals surface area contributed by atoms with Gasteiger partial charge < -0.3 is 5.32 Å². The highest BCUT2D eigenvalue weighted by Crippen LogP contribution is 2.25. The Balaban J connectivity index is 2.31. The van der Waals surface area contributed by atoms with Gasteiger partial charge in [-0.15, -0.1) is 0 Å². The molecule has 0 saturated carbocycles. The van der Waals surface area contributed by atoms with Gasteiger partial charge in [-0.2, -0.15) is 0 Å². The quantitative estimate of drug-likeness (QED) is 0.675. The van der Waals surface area contributed by atoms with E-state index in [1.807, 2.05) is 0 Å². The zero-order chi connectivity index (χ0) is 17.1. The molecule has 0 heterocycles. The molecule has 0 radical (unpaired) electrons. The van der Waals surface area contributed by atoms with Crippen LogP contribution in [0, 0.1) is 26.0 Å². The van der Waals surface area contributed by atoms with Gasteiger partial charge in [0.2, 0.25) is 0 Å². The van der Waals surface area contributed by atoms with E-state index in [2.05, 4.69) is 5.32 Å². The SMILES string of the molecule is O=C(Nc1cc([N+](=O)[O-])ccc1F)c1ccc([N+](=O)[O-])cc1Cl. The minimum Gasteiger partial charge on any atom is -0.319 e. The first-order valence-electron chi connectivity index (χ1n) is 5.99. The molecular weight excluding hydrogens is 333 g/mol. The van der Waals surface area contributed by atoms with Crippen molar-refractivity contribution in [3.63, 3.8) is 0 Å². The molecule has 0 aliphatic carbocycles. The van der Waals surface area contributed by atoms with Crippen molar-refractivity contribution in [1.82, 2.24) is 0 Å². The van der Waals surface area contributed by atoms with Crippen molar-refractivity contribution in [2.75, 3.05) is 5.32 Å². The number of hydrogen-bond acceptors (Lipinski definition) is 5. The van der Waals surface area contributed by atoms with Crippen LogP contribution in [0.3, 0.4) is 0 Å². The van der Waals surface area contributed by atoms with Crippen LogP contribution in [0.1, 0.15) is 10.4 Å². The van der Waals surface area contributed by atoms with Crippen LogP contribution in [0.4, 0.5) is 21.5 Å². The maximum absolute atomic E-state index is 13.6. The number of nitro benzene ring substituents is 2. The fourth-order valence-electron chi connectivity index (χ4n) is 1.71. The third kappa shape index (κ3) is 3.58. The van der Waals surface area contributed by atoms with Gasteiger partial charge in [-0.1, -0.05) is 11.6 Å². The largest absolute Gasteiger partial charge is 0.319 e. The van der Waals surface area contributed by atoms with Gasteiger partial charge in [0.25, 0.3) is 17.3 Å². The number of non-ortho nitro benzene ring substituents is 2. The molecule has 2 aromatic rings. The lowest BCUT2D eigenvalue weighted by Gasteiger charge is -2.07. The molecule has 10 heteroatoms. The van der Waals surface area contributed by atoms with E-state index in [4.69, 9.17) is 11.6 Å². The maximum atomic E-state index is 13.6. The Hall–Kier alpha value is -3.07. The third-order valence-electron chi connectivity index (χ3n) is 2.82. The van der Waals surface area contributed by atoms with Gasteiger partial charge in [0.05, 0.1) is 26.1 Å². The van der Waals surface area contributed by atoms with Gasteiger partial charge in [0.1, 0.15) is 5.82 Å². The van der Waals surface area contributed by atoms with Crippen molar-refractivity contribution in [3.8, 4) is 0 Å². The average molecular weight is 340 g/mol. The molecule has 2 aromatic carbocycles. The molecule has 0 fully saturated rings. The zero-order valence-electron chi connectivity index (χ0n) is 11.2. The normalized spacial score (nSPS) is 10.2. The van der Waals surface area contributed by atoms with Gasteiger partial charge in [-0.3, -0.25) is 25.0 Å². The molecule has 0 aliphatic rings. The molecule has 0 atom stereocenters. The highest BCUT2D eigenvalue weighted by atomic mass is 35.5. The molecule has 1 amide bonds. The maximum Gasteiger partial charge on any atom is 0.271 e. The minimum atomic E-state index is -0.873. The number of halogens is 2. The monoisotopic (exact) mass is 339 g/mol. The van der Waals surface area contributed by atoms with E-state index in [9.17, 15) is 29.4 Å². The van der Waals surface area contributed by atoms with Crippen LogP contribution >= 0.6 is 11.6 Å². The first-order valence-corrected chi connectivity index (χ1v) is 6.36. The van der Waals surface area contributed by atoms with Crippen LogP contribution in [0.2, 0.25) is 5.02 Å². The number of hydrogen-bond donors (Lipinski definition) is 1. The van der Waals surface area contributed by atoms with Gasteiger partial charge in [-0.05, 0) is 12.1 Å². The van der Waals surface area contributed by atoms with Crippen molar-refractivity contribution < 1.29 is 19.0 Å². The number of anilines is 1. The van der Waals surface area contributed by atoms with Crippen molar-refractivity contribution in [2.45, 2.75) is 0 Å². The van der Waals surface area contributed by atoms with E-state index in [1.165, 1.54) is 0 Å². The molecule has 0 spiro atoms. The number of nitro groups is 2. The van der Waals surface area contributed by atoms with Crippen molar-refractivity contribution in [3.05, 3.63) is 73.0 Å². The Bertz CT molecular complexity index is 827. The topological polar surface area (TPSA) is 115 Å². The van der Waals surface area contributed by atoms with Gasteiger partial charge in [-0.25, -0.2) is 4.39 Å². The molecule has 0 unspecified atom stereocenters. The Morgan fingerprint density at radius 3 is 2.17 bits per heavy atom. The van der Waals surface area contributed by atoms with Crippen LogP contribution in [0.5, 0.6) is 0 Å². The summed E-state index contributed by atoms with van der Waals surface area (Å²) in [6.45, 7) is 0. The van der Waals surface area contributed by atoms with Crippen LogP contribution in [-0.2, 0) is 0 Å². The predicted molar refractivity (Wildman–Crippen MR) is 79.1 cm³/mol. The first-order chi connectivity index (χ1) is 10.8. The average Bonchev–Trinajstić information content (AvgIpc) is 2.48. The van der Waals surface area contributed by atoms with Crippen LogP contribution < -0.4 is 5.32 Å². The predicted octanol–water partition coefficient (Wildman–Crippen LogP) is 3.55. The summed E-state index contributed by atoms with van der Waals surface area (Å²) in [6, 6.07) is 5.78. The number of carbonyl (C=O) groups excluding carboxylic acids is 1. The van der Waals surface area contributed by atoms with Gasteiger partial charge in [0.15, 0.2) is 0 Å². The van der Waals surface area contributed by atoms with Crippen LogP contribution in [-0.4, -0.2) is 15.8 Å². The second kappa shape index (κ2) is 6.36. The summed E-state index contributed by atoms with van der Waals surface area (Å²) in [6.07, 6.45) is 0. The standard InChI is InChI=1S/C13H7ClFN3O5/c14-10-5-7(17(20)21)1-3-9(10)13(19)16-12-6-8(18(22)23)2-4-11(12)15/h1-6H,(H,16,19). The van der Waals surface area contributed by atoms with E-state index in [-0.39, 0.29) is 16.3 Å². The number of benzene rings is 2. The van der Waals surface area contributed by atoms with E-state index >= 15 is 0 Å². The number of carbonyl (C=O) groups is 1. The number of rotatable bonds is 4. The highest BCUT2D eigenvalue weighted by Gasteiger charge is 2.18. The third-order valence-corrected chi connectivity index (χ3v) is 3.13. The number of nitrogens with one attached hydrogen (secondary N) is 1. The molecule has 0 aliphatic heterocycles. The lowest BCUT2D eigenvalue weighted by atomic mass is 10.2. The van der Waals surface area contributed by atoms with Crippen molar-refractivity contribution in [1.29, 1.82) is 0 Å². The van der Waals surface area contributed by atoms with E-state index in [0.29, 0.717) is 0 Å². The first kappa shape index (κ1) is 16.3. The second-order valence-corrected chi connectivity index (χ2v) is 4.70. The summed E-state index contributed by atoms with van der Waals surface area (Å²) in [4.78, 5) is 31.9. The number of nitrogens with zero attached hydrogens (tertiary/aromatic N) is 2. The zero-order valence-corrected chi connectivity index (χ0v) is 11.9. The van der Waals surface area contributed by atoms with Gasteiger partial charge in [0, 0.05) is 24.3 Å². The summed E-state index contributed by atoms with van der Waals surface area (Å²) in [5.74, 6) is -1.73. The molecule has 118 valence electrons. The fourth-order valence-corrected chi connectivity index (χ4v) is 1.97. The Labute approximate surface area is 132 Å². The van der Waals surface area contributed by atoms with Crippen LogP contribution in [0.25, 0.3) is 0 Å². The Morgan fingerprint density at radius 1 is 1.04 bits per heavy atom. The van der Waals surface area contributed by atoms with E-state index in [1.54, 1.807) is 0 Å². The molecule has 23 heavy (non-hydrogen) atoms. The smallest absolute Gasteiger partial charge is 0.271 e. The summed E-state index contributed by atoms with van der Waals surface area (Å²) in [5.41, 5.74) is -1.26. The summed E-state index contributed by atoms with van der Waals surface area (Å²) in [7, 11) is 0. The highest BCUT2D eigenvalue weighted by molar-refractivity contribution is 6.34. The summed E-state index contributed by atoms with van der Waals surface area (Å²) in [5, 5.41) is 23.2. The van der Waals surface area contributed by atoms with Crippen molar-refractivity contribution in [2.24, 2.45) is 0 Å². The van der Waals surface area contributed by atoms with Crippen molar-refractivity contribution >= 4 is 34.6 Å². The molecule has 0 saturated heterocycles. The van der Waals surface area contributed by atoms with E-state index < -0.39 is 32.9 Å².